The molecule has 1 aromatic rings. The van der Waals surface area contributed by atoms with Gasteiger partial charge in [-0.15, -0.1) is 0 Å². The third kappa shape index (κ3) is 1.84. The molecule has 0 spiro atoms. The van der Waals surface area contributed by atoms with E-state index in [0.717, 1.165) is 19.4 Å². The first-order chi connectivity index (χ1) is 7.74. The van der Waals surface area contributed by atoms with Crippen LogP contribution in [0.3, 0.4) is 0 Å². The largest absolute Gasteiger partial charge is 0.464 e. The van der Waals surface area contributed by atoms with Crippen molar-refractivity contribution in [2.24, 2.45) is 7.05 Å². The number of anilines is 1. The second-order valence-corrected chi connectivity index (χ2v) is 3.71. The summed E-state index contributed by atoms with van der Waals surface area (Å²) in [6, 6.07) is -0.246. The van der Waals surface area contributed by atoms with Gasteiger partial charge in [-0.2, -0.15) is 0 Å². The molecular weight excluding hydrogens is 210 g/mol. The zero-order chi connectivity index (χ0) is 11.5. The number of hydrogen-bond donors (Lipinski definition) is 0. The molecule has 7 heteroatoms. The van der Waals surface area contributed by atoms with Gasteiger partial charge in [0.2, 0.25) is 5.95 Å². The molecule has 0 saturated carbocycles. The lowest BCUT2D eigenvalue weighted by Gasteiger charge is -2.22. The zero-order valence-electron chi connectivity index (χ0n) is 9.46. The molecular formula is C9H15N5O2. The van der Waals surface area contributed by atoms with Crippen molar-refractivity contribution in [2.75, 3.05) is 18.1 Å². The summed E-state index contributed by atoms with van der Waals surface area (Å²) in [4.78, 5) is 13.6. The van der Waals surface area contributed by atoms with Gasteiger partial charge in [-0.3, -0.25) is 0 Å². The van der Waals surface area contributed by atoms with Crippen molar-refractivity contribution in [2.45, 2.75) is 25.8 Å². The average Bonchev–Trinajstić information content (AvgIpc) is 2.85. The van der Waals surface area contributed by atoms with Gasteiger partial charge in [0.05, 0.1) is 6.61 Å². The van der Waals surface area contributed by atoms with Crippen molar-refractivity contribution in [1.29, 1.82) is 0 Å². The van der Waals surface area contributed by atoms with E-state index in [0.29, 0.717) is 12.6 Å². The van der Waals surface area contributed by atoms with Crippen molar-refractivity contribution < 1.29 is 9.53 Å². The molecule has 0 bridgehead atoms. The number of hydrogen-bond acceptors (Lipinski definition) is 6. The van der Waals surface area contributed by atoms with Crippen LogP contribution in [0.15, 0.2) is 0 Å². The number of nitrogens with zero attached hydrogens (tertiary/aromatic N) is 5. The van der Waals surface area contributed by atoms with Crippen molar-refractivity contribution in [3.8, 4) is 0 Å². The van der Waals surface area contributed by atoms with Gasteiger partial charge in [-0.25, -0.2) is 9.48 Å². The van der Waals surface area contributed by atoms with Crippen molar-refractivity contribution in [3.63, 3.8) is 0 Å². The van der Waals surface area contributed by atoms with E-state index in [1.807, 2.05) is 4.90 Å². The third-order valence-electron chi connectivity index (χ3n) is 2.67. The zero-order valence-corrected chi connectivity index (χ0v) is 9.46. The van der Waals surface area contributed by atoms with Crippen LogP contribution in [0, 0.1) is 0 Å². The van der Waals surface area contributed by atoms with Gasteiger partial charge < -0.3 is 9.64 Å². The summed E-state index contributed by atoms with van der Waals surface area (Å²) in [6.45, 7) is 3.00. The minimum atomic E-state index is -0.246. The molecule has 2 heterocycles. The SMILES string of the molecule is CCOC(=O)C1CCCN1c1nnnn1C. The van der Waals surface area contributed by atoms with Gasteiger partial charge in [-0.05, 0) is 30.2 Å². The molecule has 0 N–H and O–H groups in total. The molecule has 2 rings (SSSR count). The topological polar surface area (TPSA) is 73.1 Å². The molecule has 0 aliphatic carbocycles. The average molecular weight is 225 g/mol. The Hall–Kier alpha value is -1.66. The summed E-state index contributed by atoms with van der Waals surface area (Å²) in [6.07, 6.45) is 1.75. The first-order valence-electron chi connectivity index (χ1n) is 5.39. The van der Waals surface area contributed by atoms with E-state index in [-0.39, 0.29) is 12.0 Å². The van der Waals surface area contributed by atoms with Gasteiger partial charge in [0.25, 0.3) is 0 Å². The minimum absolute atomic E-state index is 0.192. The molecule has 0 radical (unpaired) electrons. The molecule has 16 heavy (non-hydrogen) atoms. The van der Waals surface area contributed by atoms with Crippen LogP contribution in [-0.2, 0) is 16.6 Å². The molecule has 1 aliphatic heterocycles. The van der Waals surface area contributed by atoms with Gasteiger partial charge >= 0.3 is 5.97 Å². The Balaban J connectivity index is 2.15. The van der Waals surface area contributed by atoms with Crippen LogP contribution >= 0.6 is 0 Å². The lowest BCUT2D eigenvalue weighted by molar-refractivity contribution is -0.144. The number of carbonyl (C=O) groups excluding carboxylic acids is 1. The number of esters is 1. The molecule has 1 atom stereocenters. The lowest BCUT2D eigenvalue weighted by atomic mass is 10.2. The second kappa shape index (κ2) is 4.46. The van der Waals surface area contributed by atoms with E-state index in [2.05, 4.69) is 15.5 Å². The maximum Gasteiger partial charge on any atom is 0.328 e. The van der Waals surface area contributed by atoms with E-state index in [4.69, 9.17) is 4.74 Å². The van der Waals surface area contributed by atoms with Crippen molar-refractivity contribution in [3.05, 3.63) is 0 Å². The van der Waals surface area contributed by atoms with Crippen LogP contribution in [0.2, 0.25) is 0 Å². The number of tetrazole rings is 1. The van der Waals surface area contributed by atoms with Crippen LogP contribution in [0.1, 0.15) is 19.8 Å². The summed E-state index contributed by atoms with van der Waals surface area (Å²) in [7, 11) is 1.76. The van der Waals surface area contributed by atoms with Crippen molar-refractivity contribution >= 4 is 11.9 Å². The summed E-state index contributed by atoms with van der Waals surface area (Å²) in [5.74, 6) is 0.429. The number of aromatic nitrogens is 4. The lowest BCUT2D eigenvalue weighted by Crippen LogP contribution is -2.38. The van der Waals surface area contributed by atoms with Crippen LogP contribution in [0.4, 0.5) is 5.95 Å². The van der Waals surface area contributed by atoms with E-state index in [1.165, 1.54) is 0 Å². The fourth-order valence-electron chi connectivity index (χ4n) is 1.96. The highest BCUT2D eigenvalue weighted by molar-refractivity contribution is 5.80. The van der Waals surface area contributed by atoms with Gasteiger partial charge in [0.15, 0.2) is 0 Å². The molecule has 88 valence electrons. The molecule has 1 saturated heterocycles. The second-order valence-electron chi connectivity index (χ2n) is 3.71. The fraction of sp³-hybridized carbons (Fsp3) is 0.778. The summed E-state index contributed by atoms with van der Waals surface area (Å²) < 4.78 is 6.60. The Bertz CT molecular complexity index is 378. The van der Waals surface area contributed by atoms with Gasteiger partial charge in [-0.1, -0.05) is 5.10 Å². The molecule has 0 amide bonds. The normalized spacial score (nSPS) is 20.1. The Kier molecular flexibility index (Phi) is 3.02. The van der Waals surface area contributed by atoms with E-state index in [1.54, 1.807) is 18.7 Å². The standard InChI is InChI=1S/C9H15N5O2/c1-3-16-8(15)7-5-4-6-14(7)9-10-11-12-13(9)2/h7H,3-6H2,1-2H3. The number of rotatable bonds is 3. The van der Waals surface area contributed by atoms with Crippen LogP contribution in [0.25, 0.3) is 0 Å². The Morgan fingerprint density at radius 3 is 3.06 bits per heavy atom. The highest BCUT2D eigenvalue weighted by atomic mass is 16.5. The Morgan fingerprint density at radius 1 is 1.62 bits per heavy atom. The molecule has 1 unspecified atom stereocenters. The third-order valence-corrected chi connectivity index (χ3v) is 2.67. The predicted octanol–water partition coefficient (Wildman–Crippen LogP) is -0.258. The smallest absolute Gasteiger partial charge is 0.328 e. The maximum atomic E-state index is 11.7. The Labute approximate surface area is 93.4 Å². The molecule has 7 nitrogen and oxygen atoms in total. The van der Waals surface area contributed by atoms with E-state index < -0.39 is 0 Å². The minimum Gasteiger partial charge on any atom is -0.464 e. The van der Waals surface area contributed by atoms with Crippen molar-refractivity contribution in [1.82, 2.24) is 20.2 Å². The Morgan fingerprint density at radius 2 is 2.44 bits per heavy atom. The quantitative estimate of drug-likeness (QED) is 0.660. The van der Waals surface area contributed by atoms with Gasteiger partial charge in [0, 0.05) is 13.6 Å². The summed E-state index contributed by atoms with van der Waals surface area (Å²) in [5.41, 5.74) is 0. The molecule has 1 aliphatic rings. The van der Waals surface area contributed by atoms with Gasteiger partial charge in [0.1, 0.15) is 6.04 Å². The molecule has 1 fully saturated rings. The van der Waals surface area contributed by atoms with Crippen LogP contribution in [0.5, 0.6) is 0 Å². The number of aryl methyl sites for hydroxylation is 1. The molecule has 1 aromatic heterocycles. The van der Waals surface area contributed by atoms with E-state index >= 15 is 0 Å². The monoisotopic (exact) mass is 225 g/mol. The van der Waals surface area contributed by atoms with Crippen LogP contribution < -0.4 is 4.90 Å². The number of ether oxygens (including phenoxy) is 1. The first kappa shape index (κ1) is 10.8. The predicted molar refractivity (Wildman–Crippen MR) is 55.8 cm³/mol. The highest BCUT2D eigenvalue weighted by Crippen LogP contribution is 2.23. The summed E-state index contributed by atoms with van der Waals surface area (Å²) in [5, 5.41) is 11.2. The fourth-order valence-corrected chi connectivity index (χ4v) is 1.96. The summed E-state index contributed by atoms with van der Waals surface area (Å²) >= 11 is 0. The maximum absolute atomic E-state index is 11.7. The van der Waals surface area contributed by atoms with E-state index in [9.17, 15) is 4.79 Å². The highest BCUT2D eigenvalue weighted by Gasteiger charge is 2.34. The molecule has 0 aromatic carbocycles. The van der Waals surface area contributed by atoms with Crippen LogP contribution in [-0.4, -0.2) is 45.4 Å². The first-order valence-corrected chi connectivity index (χ1v) is 5.39. The number of carbonyl (C=O) groups is 1.